The molecule has 1 N–H and O–H groups in total. The molecule has 0 saturated heterocycles. The summed E-state index contributed by atoms with van der Waals surface area (Å²) < 4.78 is 5.07. The summed E-state index contributed by atoms with van der Waals surface area (Å²) >= 11 is 0. The number of nitrogens with one attached hydrogen (secondary N) is 1. The second-order valence-electron chi connectivity index (χ2n) is 3.06. The van der Waals surface area contributed by atoms with Crippen LogP contribution in [0.4, 0.5) is 6.01 Å². The zero-order chi connectivity index (χ0) is 9.84. The van der Waals surface area contributed by atoms with E-state index in [0.717, 1.165) is 0 Å². The number of anilines is 1. The Bertz CT molecular complexity index is 293. The van der Waals surface area contributed by atoms with E-state index >= 15 is 0 Å². The van der Waals surface area contributed by atoms with Crippen molar-refractivity contribution in [1.29, 1.82) is 0 Å². The van der Waals surface area contributed by atoms with Gasteiger partial charge in [-0.3, -0.25) is 10.1 Å². The molecule has 0 aliphatic rings. The highest BCUT2D eigenvalue weighted by Crippen LogP contribution is 2.06. The first kappa shape index (κ1) is 9.73. The van der Waals surface area contributed by atoms with Gasteiger partial charge >= 0.3 is 6.01 Å². The summed E-state index contributed by atoms with van der Waals surface area (Å²) in [7, 11) is 3.64. The first-order valence-electron chi connectivity index (χ1n) is 3.95. The quantitative estimate of drug-likeness (QED) is 0.740. The topological polar surface area (TPSA) is 58.4 Å². The molecule has 13 heavy (non-hydrogen) atoms. The third-order valence-electron chi connectivity index (χ3n) is 1.33. The van der Waals surface area contributed by atoms with E-state index in [1.54, 1.807) is 18.0 Å². The fraction of sp³-hybridized carbons (Fsp3) is 0.500. The minimum Gasteiger partial charge on any atom is -0.429 e. The van der Waals surface area contributed by atoms with E-state index in [0.29, 0.717) is 12.3 Å². The zero-order valence-electron chi connectivity index (χ0n) is 8.00. The molecule has 0 saturated carbocycles. The molecule has 1 aromatic heterocycles. The van der Waals surface area contributed by atoms with E-state index in [4.69, 9.17) is 4.42 Å². The normalized spacial score (nSPS) is 10.5. The molecule has 0 aromatic carbocycles. The molecule has 72 valence electrons. The molecule has 0 aliphatic heterocycles. The highest BCUT2D eigenvalue weighted by molar-refractivity contribution is 5.90. The molecule has 0 spiro atoms. The van der Waals surface area contributed by atoms with Gasteiger partial charge in [-0.05, 0) is 21.0 Å². The number of nitrogens with zero attached hydrogens (tertiary/aromatic N) is 2. The number of likely N-dealkylation sites (N-methyl/N-ethyl adjacent to an activating group) is 1. The number of hydrogen-bond acceptors (Lipinski definition) is 4. The highest BCUT2D eigenvalue weighted by atomic mass is 16.4. The zero-order valence-corrected chi connectivity index (χ0v) is 8.00. The minimum atomic E-state index is -0.133. The smallest absolute Gasteiger partial charge is 0.301 e. The Kier molecular flexibility index (Phi) is 3.02. The Balaban J connectivity index is 2.45. The van der Waals surface area contributed by atoms with Crippen molar-refractivity contribution in [2.24, 2.45) is 0 Å². The number of oxazole rings is 1. The van der Waals surface area contributed by atoms with E-state index in [-0.39, 0.29) is 11.9 Å². The maximum absolute atomic E-state index is 11.2. The average Bonchev–Trinajstić information content (AvgIpc) is 2.33. The summed E-state index contributed by atoms with van der Waals surface area (Å²) in [5, 5.41) is 2.54. The summed E-state index contributed by atoms with van der Waals surface area (Å²) in [6.07, 6.45) is 1.56. The minimum absolute atomic E-state index is 0.133. The van der Waals surface area contributed by atoms with Crippen molar-refractivity contribution in [1.82, 2.24) is 9.88 Å². The van der Waals surface area contributed by atoms with Crippen LogP contribution in [0.25, 0.3) is 0 Å². The molecule has 0 fully saturated rings. The van der Waals surface area contributed by atoms with Gasteiger partial charge in [0.05, 0.1) is 12.7 Å². The largest absolute Gasteiger partial charge is 0.429 e. The van der Waals surface area contributed by atoms with Gasteiger partial charge in [-0.15, -0.1) is 0 Å². The van der Waals surface area contributed by atoms with Crippen molar-refractivity contribution >= 4 is 11.9 Å². The van der Waals surface area contributed by atoms with Gasteiger partial charge in [0.1, 0.15) is 5.76 Å². The molecule has 0 radical (unpaired) electrons. The standard InChI is InChI=1S/C8H13N3O2/c1-6-4-9-8(13-6)10-7(12)5-11(2)3/h4H,5H2,1-3H3,(H,9,10,12). The van der Waals surface area contributed by atoms with Gasteiger partial charge in [0.15, 0.2) is 0 Å². The lowest BCUT2D eigenvalue weighted by molar-refractivity contribution is -0.116. The molecule has 0 atom stereocenters. The molecule has 0 aliphatic carbocycles. The van der Waals surface area contributed by atoms with Crippen LogP contribution < -0.4 is 5.32 Å². The van der Waals surface area contributed by atoms with Crippen LogP contribution in [-0.2, 0) is 4.79 Å². The molecule has 5 nitrogen and oxygen atoms in total. The summed E-state index contributed by atoms with van der Waals surface area (Å²) in [5.41, 5.74) is 0. The van der Waals surface area contributed by atoms with Crippen LogP contribution in [0.5, 0.6) is 0 Å². The summed E-state index contributed by atoms with van der Waals surface area (Å²) in [6.45, 7) is 2.09. The Labute approximate surface area is 76.7 Å². The molecule has 1 rings (SSSR count). The van der Waals surface area contributed by atoms with Crippen LogP contribution in [0.15, 0.2) is 10.6 Å². The van der Waals surface area contributed by atoms with Crippen LogP contribution in [-0.4, -0.2) is 36.4 Å². The van der Waals surface area contributed by atoms with E-state index < -0.39 is 0 Å². The van der Waals surface area contributed by atoms with Gasteiger partial charge in [-0.2, -0.15) is 0 Å². The van der Waals surface area contributed by atoms with Crippen molar-refractivity contribution in [2.75, 3.05) is 26.0 Å². The molecular formula is C8H13N3O2. The lowest BCUT2D eigenvalue weighted by Gasteiger charge is -2.07. The van der Waals surface area contributed by atoms with Gasteiger partial charge in [0.25, 0.3) is 0 Å². The van der Waals surface area contributed by atoms with Crippen molar-refractivity contribution in [2.45, 2.75) is 6.92 Å². The number of aromatic nitrogens is 1. The maximum Gasteiger partial charge on any atom is 0.301 e. The second kappa shape index (κ2) is 4.04. The van der Waals surface area contributed by atoms with Gasteiger partial charge in [0, 0.05) is 0 Å². The van der Waals surface area contributed by atoms with Gasteiger partial charge < -0.3 is 9.32 Å². The molecule has 1 aromatic rings. The third-order valence-corrected chi connectivity index (χ3v) is 1.33. The predicted molar refractivity (Wildman–Crippen MR) is 48.4 cm³/mol. The molecule has 1 heterocycles. The molecule has 0 bridgehead atoms. The van der Waals surface area contributed by atoms with E-state index in [2.05, 4.69) is 10.3 Å². The fourth-order valence-electron chi connectivity index (χ4n) is 0.859. The second-order valence-corrected chi connectivity index (χ2v) is 3.06. The van der Waals surface area contributed by atoms with Crippen LogP contribution in [0.2, 0.25) is 0 Å². The fourth-order valence-corrected chi connectivity index (χ4v) is 0.859. The van der Waals surface area contributed by atoms with Gasteiger partial charge in [-0.25, -0.2) is 4.98 Å². The van der Waals surface area contributed by atoms with E-state index in [1.807, 2.05) is 14.1 Å². The average molecular weight is 183 g/mol. The maximum atomic E-state index is 11.2. The summed E-state index contributed by atoms with van der Waals surface area (Å²) in [6, 6.07) is 0.254. The number of amides is 1. The van der Waals surface area contributed by atoms with Crippen molar-refractivity contribution in [3.63, 3.8) is 0 Å². The van der Waals surface area contributed by atoms with Gasteiger partial charge in [-0.1, -0.05) is 0 Å². The SMILES string of the molecule is Cc1cnc(NC(=O)CN(C)C)o1. The first-order valence-corrected chi connectivity index (χ1v) is 3.95. The van der Waals surface area contributed by atoms with Crippen LogP contribution >= 0.6 is 0 Å². The lowest BCUT2D eigenvalue weighted by atomic mass is 10.5. The van der Waals surface area contributed by atoms with E-state index in [9.17, 15) is 4.79 Å². The number of carbonyl (C=O) groups excluding carboxylic acids is 1. The number of hydrogen-bond donors (Lipinski definition) is 1. The number of rotatable bonds is 3. The Morgan fingerprint density at radius 1 is 1.69 bits per heavy atom. The Morgan fingerprint density at radius 2 is 2.38 bits per heavy atom. The predicted octanol–water partition coefficient (Wildman–Crippen LogP) is 0.483. The molecule has 1 amide bonds. The first-order chi connectivity index (χ1) is 6.08. The molecule has 0 unspecified atom stereocenters. The Hall–Kier alpha value is -1.36. The van der Waals surface area contributed by atoms with Crippen LogP contribution in [0.3, 0.4) is 0 Å². The molecular weight excluding hydrogens is 170 g/mol. The monoisotopic (exact) mass is 183 g/mol. The van der Waals surface area contributed by atoms with Crippen LogP contribution in [0, 0.1) is 6.92 Å². The number of aryl methyl sites for hydroxylation is 1. The van der Waals surface area contributed by atoms with Crippen molar-refractivity contribution < 1.29 is 9.21 Å². The van der Waals surface area contributed by atoms with Gasteiger partial charge in [0.2, 0.25) is 5.91 Å². The lowest BCUT2D eigenvalue weighted by Crippen LogP contribution is -2.27. The molecule has 5 heteroatoms. The van der Waals surface area contributed by atoms with Crippen molar-refractivity contribution in [3.05, 3.63) is 12.0 Å². The third kappa shape index (κ3) is 3.25. The van der Waals surface area contributed by atoms with Crippen LogP contribution in [0.1, 0.15) is 5.76 Å². The Morgan fingerprint density at radius 3 is 2.85 bits per heavy atom. The van der Waals surface area contributed by atoms with E-state index in [1.165, 1.54) is 0 Å². The summed E-state index contributed by atoms with van der Waals surface area (Å²) in [5.74, 6) is 0.548. The van der Waals surface area contributed by atoms with Crippen molar-refractivity contribution in [3.8, 4) is 0 Å². The number of carbonyl (C=O) groups is 1. The highest BCUT2D eigenvalue weighted by Gasteiger charge is 2.06. The summed E-state index contributed by atoms with van der Waals surface area (Å²) in [4.78, 5) is 16.8.